The summed E-state index contributed by atoms with van der Waals surface area (Å²) < 4.78 is 26.9. The summed E-state index contributed by atoms with van der Waals surface area (Å²) in [5.74, 6) is 0.0241. The molecule has 0 radical (unpaired) electrons. The van der Waals surface area contributed by atoms with Crippen molar-refractivity contribution in [1.82, 2.24) is 4.31 Å². The average molecular weight is 298 g/mol. The quantitative estimate of drug-likeness (QED) is 0.864. The van der Waals surface area contributed by atoms with Crippen LogP contribution in [0.5, 0.6) is 0 Å². The first-order valence-corrected chi connectivity index (χ1v) is 8.42. The van der Waals surface area contributed by atoms with E-state index < -0.39 is 16.1 Å². The molecule has 0 aromatic heterocycles. The van der Waals surface area contributed by atoms with Gasteiger partial charge in [-0.2, -0.15) is 4.31 Å². The molecule has 2 N–H and O–H groups in total. The smallest absolute Gasteiger partial charge is 0.245 e. The number of hydrogen-bond donors (Lipinski definition) is 2. The number of para-hydroxylation sites is 1. The first-order chi connectivity index (χ1) is 9.46. The van der Waals surface area contributed by atoms with Crippen molar-refractivity contribution in [2.45, 2.75) is 31.3 Å². The molecule has 2 rings (SSSR count). The van der Waals surface area contributed by atoms with Crippen molar-refractivity contribution in [3.63, 3.8) is 0 Å². The Morgan fingerprint density at radius 3 is 2.75 bits per heavy atom. The van der Waals surface area contributed by atoms with Crippen LogP contribution in [-0.4, -0.2) is 43.6 Å². The molecular formula is C14H22N2O3S. The Labute approximate surface area is 120 Å². The number of rotatable bonds is 5. The second-order valence-electron chi connectivity index (χ2n) is 5.18. The van der Waals surface area contributed by atoms with Gasteiger partial charge in [0.1, 0.15) is 4.90 Å². The van der Waals surface area contributed by atoms with E-state index in [4.69, 9.17) is 0 Å². The van der Waals surface area contributed by atoms with Crippen molar-refractivity contribution in [2.24, 2.45) is 5.92 Å². The second kappa shape index (κ2) is 6.11. The summed E-state index contributed by atoms with van der Waals surface area (Å²) in [6.07, 6.45) is 0.236. The highest BCUT2D eigenvalue weighted by Gasteiger charge is 2.35. The summed E-state index contributed by atoms with van der Waals surface area (Å²) in [4.78, 5) is 0.313. The Hall–Kier alpha value is -1.11. The molecule has 1 aliphatic rings. The highest BCUT2D eigenvalue weighted by Crippen LogP contribution is 2.29. The second-order valence-corrected chi connectivity index (χ2v) is 7.09. The van der Waals surface area contributed by atoms with Crippen LogP contribution in [0.1, 0.15) is 20.3 Å². The van der Waals surface area contributed by atoms with Gasteiger partial charge in [-0.25, -0.2) is 8.42 Å². The molecule has 0 bridgehead atoms. The van der Waals surface area contributed by atoms with Gasteiger partial charge in [-0.15, -0.1) is 0 Å². The zero-order valence-electron chi connectivity index (χ0n) is 11.9. The van der Waals surface area contributed by atoms with Gasteiger partial charge in [0, 0.05) is 19.6 Å². The lowest BCUT2D eigenvalue weighted by Gasteiger charge is -2.19. The van der Waals surface area contributed by atoms with E-state index in [1.54, 1.807) is 25.1 Å². The van der Waals surface area contributed by atoms with Gasteiger partial charge in [-0.1, -0.05) is 12.1 Å². The first kappa shape index (κ1) is 15.3. The van der Waals surface area contributed by atoms with Crippen LogP contribution < -0.4 is 5.32 Å². The first-order valence-electron chi connectivity index (χ1n) is 6.98. The minimum Gasteiger partial charge on any atom is -0.393 e. The van der Waals surface area contributed by atoms with E-state index in [0.29, 0.717) is 36.6 Å². The summed E-state index contributed by atoms with van der Waals surface area (Å²) in [5.41, 5.74) is 0.635. The van der Waals surface area contributed by atoms with E-state index in [2.05, 4.69) is 5.32 Å². The molecule has 5 nitrogen and oxygen atoms in total. The number of aliphatic hydroxyl groups excluding tert-OH is 1. The molecule has 2 unspecified atom stereocenters. The van der Waals surface area contributed by atoms with Crippen LogP contribution in [-0.2, 0) is 10.0 Å². The summed E-state index contributed by atoms with van der Waals surface area (Å²) >= 11 is 0. The van der Waals surface area contributed by atoms with Crippen molar-refractivity contribution in [1.29, 1.82) is 0 Å². The minimum atomic E-state index is -3.50. The van der Waals surface area contributed by atoms with E-state index in [9.17, 15) is 13.5 Å². The topological polar surface area (TPSA) is 69.6 Å². The van der Waals surface area contributed by atoms with E-state index in [0.717, 1.165) is 0 Å². The Balaban J connectivity index is 2.28. The fraction of sp³-hybridized carbons (Fsp3) is 0.571. The van der Waals surface area contributed by atoms with Gasteiger partial charge in [0.05, 0.1) is 11.8 Å². The van der Waals surface area contributed by atoms with Crippen LogP contribution in [0.15, 0.2) is 29.2 Å². The molecule has 0 aliphatic carbocycles. The van der Waals surface area contributed by atoms with Gasteiger partial charge in [-0.3, -0.25) is 0 Å². The number of anilines is 1. The summed E-state index contributed by atoms with van der Waals surface area (Å²) in [6.45, 7) is 5.18. The van der Waals surface area contributed by atoms with Gasteiger partial charge in [0.15, 0.2) is 0 Å². The van der Waals surface area contributed by atoms with Gasteiger partial charge in [-0.05, 0) is 38.3 Å². The molecule has 0 saturated carbocycles. The number of sulfonamides is 1. The van der Waals surface area contributed by atoms with E-state index in [1.807, 2.05) is 13.0 Å². The molecule has 1 heterocycles. The summed E-state index contributed by atoms with van der Waals surface area (Å²) in [5, 5.41) is 12.7. The summed E-state index contributed by atoms with van der Waals surface area (Å²) in [7, 11) is -3.50. The van der Waals surface area contributed by atoms with Gasteiger partial charge >= 0.3 is 0 Å². The Morgan fingerprint density at radius 2 is 2.15 bits per heavy atom. The zero-order chi connectivity index (χ0) is 14.8. The molecule has 1 aromatic carbocycles. The van der Waals surface area contributed by atoms with Crippen LogP contribution in [0, 0.1) is 5.92 Å². The Kier molecular flexibility index (Phi) is 4.67. The number of aliphatic hydroxyl groups is 1. The van der Waals surface area contributed by atoms with Crippen LogP contribution in [0.2, 0.25) is 0 Å². The monoisotopic (exact) mass is 298 g/mol. The minimum absolute atomic E-state index is 0.0241. The van der Waals surface area contributed by atoms with E-state index in [-0.39, 0.29) is 5.92 Å². The Morgan fingerprint density at radius 1 is 1.45 bits per heavy atom. The molecule has 6 heteroatoms. The molecule has 1 fully saturated rings. The zero-order valence-corrected chi connectivity index (χ0v) is 12.7. The van der Waals surface area contributed by atoms with Crippen LogP contribution >= 0.6 is 0 Å². The van der Waals surface area contributed by atoms with Crippen molar-refractivity contribution in [3.05, 3.63) is 24.3 Å². The highest BCUT2D eigenvalue weighted by molar-refractivity contribution is 7.89. The standard InChI is InChI=1S/C14H22N2O3S/c1-3-15-13-6-4-5-7-14(13)20(18,19)16-9-8-12(10-16)11(2)17/h4-7,11-12,15,17H,3,8-10H2,1-2H3. The molecule has 0 spiro atoms. The fourth-order valence-electron chi connectivity index (χ4n) is 2.53. The van der Waals surface area contributed by atoms with Gasteiger partial charge in [0.25, 0.3) is 0 Å². The maximum Gasteiger partial charge on any atom is 0.245 e. The predicted octanol–water partition coefficient (Wildman–Crippen LogP) is 1.51. The molecule has 1 aliphatic heterocycles. The number of benzene rings is 1. The molecule has 0 amide bonds. The molecule has 1 saturated heterocycles. The van der Waals surface area contributed by atoms with Crippen LogP contribution in [0.25, 0.3) is 0 Å². The highest BCUT2D eigenvalue weighted by atomic mass is 32.2. The van der Waals surface area contributed by atoms with E-state index in [1.165, 1.54) is 4.31 Å². The third-order valence-corrected chi connectivity index (χ3v) is 5.67. The van der Waals surface area contributed by atoms with Crippen molar-refractivity contribution < 1.29 is 13.5 Å². The number of hydrogen-bond acceptors (Lipinski definition) is 4. The number of nitrogens with one attached hydrogen (secondary N) is 1. The third kappa shape index (κ3) is 2.97. The third-order valence-electron chi connectivity index (χ3n) is 3.74. The lowest BCUT2D eigenvalue weighted by molar-refractivity contribution is 0.133. The van der Waals surface area contributed by atoms with Crippen molar-refractivity contribution in [3.8, 4) is 0 Å². The van der Waals surface area contributed by atoms with E-state index >= 15 is 0 Å². The molecule has 112 valence electrons. The van der Waals surface area contributed by atoms with Gasteiger partial charge in [0.2, 0.25) is 10.0 Å². The number of nitrogens with zero attached hydrogens (tertiary/aromatic N) is 1. The lowest BCUT2D eigenvalue weighted by Crippen LogP contribution is -2.31. The summed E-state index contributed by atoms with van der Waals surface area (Å²) in [6, 6.07) is 6.96. The maximum absolute atomic E-state index is 12.7. The lowest BCUT2D eigenvalue weighted by atomic mass is 10.0. The average Bonchev–Trinajstić information content (AvgIpc) is 2.90. The molecule has 2 atom stereocenters. The molecule has 20 heavy (non-hydrogen) atoms. The SMILES string of the molecule is CCNc1ccccc1S(=O)(=O)N1CCC(C(C)O)C1. The largest absolute Gasteiger partial charge is 0.393 e. The molecule has 1 aromatic rings. The van der Waals surface area contributed by atoms with Crippen LogP contribution in [0.3, 0.4) is 0 Å². The fourth-order valence-corrected chi connectivity index (χ4v) is 4.21. The Bertz CT molecular complexity index is 557. The molecular weight excluding hydrogens is 276 g/mol. The van der Waals surface area contributed by atoms with Gasteiger partial charge < -0.3 is 10.4 Å². The normalized spacial score (nSPS) is 21.9. The maximum atomic E-state index is 12.7. The van der Waals surface area contributed by atoms with Crippen LogP contribution in [0.4, 0.5) is 5.69 Å². The van der Waals surface area contributed by atoms with Crippen molar-refractivity contribution >= 4 is 15.7 Å². The predicted molar refractivity (Wildman–Crippen MR) is 79.2 cm³/mol. The van der Waals surface area contributed by atoms with Crippen molar-refractivity contribution in [2.75, 3.05) is 25.0 Å².